The third-order valence-corrected chi connectivity index (χ3v) is 5.24. The van der Waals surface area contributed by atoms with Gasteiger partial charge in [0, 0.05) is 5.92 Å². The summed E-state index contributed by atoms with van der Waals surface area (Å²) in [6, 6.07) is 1.17. The molecule has 0 aromatic carbocycles. The van der Waals surface area contributed by atoms with Crippen LogP contribution in [0, 0.1) is 35.5 Å². The van der Waals surface area contributed by atoms with Crippen molar-refractivity contribution in [2.45, 2.75) is 12.1 Å². The summed E-state index contributed by atoms with van der Waals surface area (Å²) in [7, 11) is 0. The molecule has 1 aliphatic heterocycles. The van der Waals surface area contributed by atoms with Crippen LogP contribution in [-0.2, 0) is 0 Å². The van der Waals surface area contributed by atoms with Gasteiger partial charge in [-0.1, -0.05) is 24.3 Å². The number of allylic oxidation sites excluding steroid dienone is 4. The van der Waals surface area contributed by atoms with Gasteiger partial charge in [-0.15, -0.1) is 0 Å². The molecule has 2 fully saturated rings. The first-order valence-electron chi connectivity index (χ1n) is 5.72. The van der Waals surface area contributed by atoms with Crippen LogP contribution in [0.15, 0.2) is 34.5 Å². The molecule has 1 heterocycles. The Kier molecular flexibility index (Phi) is 0.820. The van der Waals surface area contributed by atoms with E-state index in [4.69, 9.17) is 0 Å². The van der Waals surface area contributed by atoms with Gasteiger partial charge in [-0.05, 0) is 29.6 Å². The number of azo groups is 1. The lowest BCUT2D eigenvalue weighted by Crippen LogP contribution is -2.39. The molecule has 0 radical (unpaired) electrons. The highest BCUT2D eigenvalue weighted by Gasteiger charge is 2.68. The highest BCUT2D eigenvalue weighted by atomic mass is 15.2. The maximum absolute atomic E-state index is 4.50. The van der Waals surface area contributed by atoms with Crippen LogP contribution in [0.5, 0.6) is 0 Å². The average molecular weight is 184 g/mol. The average Bonchev–Trinajstić information content (AvgIpc) is 2.71. The fourth-order valence-electron chi connectivity index (χ4n) is 4.92. The van der Waals surface area contributed by atoms with E-state index in [1.807, 2.05) is 0 Å². The topological polar surface area (TPSA) is 24.7 Å². The number of nitrogens with zero attached hydrogens (tertiary/aromatic N) is 2. The van der Waals surface area contributed by atoms with Gasteiger partial charge in [-0.3, -0.25) is 0 Å². The van der Waals surface area contributed by atoms with Crippen molar-refractivity contribution in [3.63, 3.8) is 0 Å². The van der Waals surface area contributed by atoms with Crippen molar-refractivity contribution in [1.29, 1.82) is 0 Å². The maximum Gasteiger partial charge on any atom is 0.0803 e. The van der Waals surface area contributed by atoms with Gasteiger partial charge in [0.25, 0.3) is 0 Å². The van der Waals surface area contributed by atoms with Gasteiger partial charge >= 0.3 is 0 Å². The molecule has 0 unspecified atom stereocenters. The Labute approximate surface area is 82.8 Å². The fraction of sp³-hybridized carbons (Fsp3) is 0.667. The lowest BCUT2D eigenvalue weighted by Gasteiger charge is -2.39. The molecule has 7 rings (SSSR count). The number of rotatable bonds is 0. The number of hydrogen-bond donors (Lipinski definition) is 0. The van der Waals surface area contributed by atoms with Crippen LogP contribution in [0.2, 0.25) is 0 Å². The van der Waals surface area contributed by atoms with Gasteiger partial charge in [0.2, 0.25) is 0 Å². The molecule has 8 bridgehead atoms. The zero-order valence-corrected chi connectivity index (χ0v) is 7.82. The number of hydrogen-bond acceptors (Lipinski definition) is 2. The summed E-state index contributed by atoms with van der Waals surface area (Å²) in [5, 5.41) is 8.99. The molecule has 0 aromatic rings. The van der Waals surface area contributed by atoms with Crippen LogP contribution < -0.4 is 0 Å². The van der Waals surface area contributed by atoms with Gasteiger partial charge < -0.3 is 0 Å². The Hall–Kier alpha value is -0.920. The Bertz CT molecular complexity index is 409. The van der Waals surface area contributed by atoms with E-state index in [-0.39, 0.29) is 0 Å². The quantitative estimate of drug-likeness (QED) is 0.515. The standard InChI is InChI=1S/C12H12N2/c1-3-6-7-4-2-5(1)8-9(6)12-10(7)11(8)13-14-12/h1-12H/t5-,6-,7-,8-,9-,10+,11-,12-/m1/s1. The third-order valence-electron chi connectivity index (χ3n) is 5.24. The van der Waals surface area contributed by atoms with E-state index in [0.29, 0.717) is 18.0 Å². The first kappa shape index (κ1) is 6.54. The Morgan fingerprint density at radius 1 is 0.643 bits per heavy atom. The second kappa shape index (κ2) is 1.75. The zero-order chi connectivity index (χ0) is 8.86. The molecule has 2 nitrogen and oxygen atoms in total. The molecule has 6 aliphatic carbocycles. The largest absolute Gasteiger partial charge is 0.190 e. The fourth-order valence-corrected chi connectivity index (χ4v) is 4.92. The summed E-state index contributed by atoms with van der Waals surface area (Å²) >= 11 is 0. The Morgan fingerprint density at radius 2 is 1.29 bits per heavy atom. The van der Waals surface area contributed by atoms with Crippen molar-refractivity contribution in [1.82, 2.24) is 0 Å². The van der Waals surface area contributed by atoms with Gasteiger partial charge in [0.15, 0.2) is 0 Å². The normalized spacial score (nSPS) is 68.6. The van der Waals surface area contributed by atoms with E-state index in [9.17, 15) is 0 Å². The second-order valence-corrected chi connectivity index (χ2v) is 5.45. The molecular weight excluding hydrogens is 172 g/mol. The lowest BCUT2D eigenvalue weighted by molar-refractivity contribution is 0.164. The molecule has 2 saturated carbocycles. The molecule has 7 aliphatic rings. The van der Waals surface area contributed by atoms with Gasteiger partial charge in [-0.25, -0.2) is 0 Å². The molecule has 0 saturated heterocycles. The van der Waals surface area contributed by atoms with Gasteiger partial charge in [0.1, 0.15) is 0 Å². The minimum atomic E-state index is 0.580. The summed E-state index contributed by atoms with van der Waals surface area (Å²) in [5.74, 6) is 4.69. The van der Waals surface area contributed by atoms with E-state index in [1.54, 1.807) is 0 Å². The monoisotopic (exact) mass is 184 g/mol. The van der Waals surface area contributed by atoms with Gasteiger partial charge in [0.05, 0.1) is 12.1 Å². The van der Waals surface area contributed by atoms with E-state index in [1.165, 1.54) is 0 Å². The summed E-state index contributed by atoms with van der Waals surface area (Å²) in [6.45, 7) is 0. The van der Waals surface area contributed by atoms with E-state index < -0.39 is 0 Å². The SMILES string of the molecule is C1=C[C@@H]2[C@H]3C=C[C@H]1[C@H]1[C@H]4N=N[C@@H]([C@@H]24)[C@H]31. The first-order valence-corrected chi connectivity index (χ1v) is 5.72. The van der Waals surface area contributed by atoms with Crippen LogP contribution in [0.25, 0.3) is 0 Å². The van der Waals surface area contributed by atoms with Crippen molar-refractivity contribution < 1.29 is 0 Å². The summed E-state index contributed by atoms with van der Waals surface area (Å²) in [5.41, 5.74) is 0. The van der Waals surface area contributed by atoms with Crippen molar-refractivity contribution >= 4 is 0 Å². The molecule has 0 N–H and O–H groups in total. The highest BCUT2D eigenvalue weighted by Crippen LogP contribution is 2.66. The lowest BCUT2D eigenvalue weighted by atomic mass is 9.66. The minimum absolute atomic E-state index is 0.580. The van der Waals surface area contributed by atoms with Crippen molar-refractivity contribution in [3.05, 3.63) is 24.3 Å². The minimum Gasteiger partial charge on any atom is -0.190 e. The van der Waals surface area contributed by atoms with E-state index in [0.717, 1.165) is 29.6 Å². The Balaban J connectivity index is 1.87. The predicted molar refractivity (Wildman–Crippen MR) is 51.7 cm³/mol. The van der Waals surface area contributed by atoms with Crippen LogP contribution in [0.3, 0.4) is 0 Å². The van der Waals surface area contributed by atoms with Crippen LogP contribution in [0.4, 0.5) is 0 Å². The zero-order valence-electron chi connectivity index (χ0n) is 7.82. The molecule has 0 amide bonds. The van der Waals surface area contributed by atoms with Crippen molar-refractivity contribution in [3.8, 4) is 0 Å². The molecule has 14 heavy (non-hydrogen) atoms. The summed E-state index contributed by atoms with van der Waals surface area (Å²) in [6.07, 6.45) is 9.81. The molecule has 0 spiro atoms. The second-order valence-electron chi connectivity index (χ2n) is 5.45. The summed E-state index contributed by atoms with van der Waals surface area (Å²) in [4.78, 5) is 0. The van der Waals surface area contributed by atoms with Crippen LogP contribution in [-0.4, -0.2) is 12.1 Å². The van der Waals surface area contributed by atoms with Crippen molar-refractivity contribution in [2.24, 2.45) is 45.7 Å². The van der Waals surface area contributed by atoms with Gasteiger partial charge in [-0.2, -0.15) is 10.2 Å². The predicted octanol–water partition coefficient (Wildman–Crippen LogP) is 2.05. The van der Waals surface area contributed by atoms with E-state index in [2.05, 4.69) is 34.5 Å². The first-order chi connectivity index (χ1) is 6.95. The summed E-state index contributed by atoms with van der Waals surface area (Å²) < 4.78 is 0. The molecule has 70 valence electrons. The smallest absolute Gasteiger partial charge is 0.0803 e. The van der Waals surface area contributed by atoms with E-state index >= 15 is 0 Å². The highest BCUT2D eigenvalue weighted by molar-refractivity contribution is 5.34. The third kappa shape index (κ3) is 0.449. The molecule has 8 atom stereocenters. The Morgan fingerprint density at radius 3 is 2.07 bits per heavy atom. The molecule has 2 heteroatoms. The van der Waals surface area contributed by atoms with Crippen LogP contribution in [0.1, 0.15) is 0 Å². The molecular formula is C12H12N2. The van der Waals surface area contributed by atoms with Crippen molar-refractivity contribution in [2.75, 3.05) is 0 Å². The molecule has 0 aromatic heterocycles. The maximum atomic E-state index is 4.50. The van der Waals surface area contributed by atoms with Crippen LogP contribution >= 0.6 is 0 Å².